The largest absolute Gasteiger partial charge is 0.370 e. The number of benzene rings is 1. The van der Waals surface area contributed by atoms with Crippen LogP contribution < -0.4 is 4.90 Å². The Balaban J connectivity index is 1.57. The fourth-order valence-electron chi connectivity index (χ4n) is 4.53. The van der Waals surface area contributed by atoms with Crippen LogP contribution in [0.5, 0.6) is 0 Å². The molecule has 2 aliphatic rings. The van der Waals surface area contributed by atoms with E-state index in [4.69, 9.17) is 4.74 Å². The first-order valence-electron chi connectivity index (χ1n) is 9.86. The topological polar surface area (TPSA) is 52.4 Å². The zero-order chi connectivity index (χ0) is 19.0. The molecule has 0 unspecified atom stereocenters. The Bertz CT molecular complexity index is 872. The zero-order valence-corrected chi connectivity index (χ0v) is 16.5. The summed E-state index contributed by atoms with van der Waals surface area (Å²) in [6.45, 7) is 11.9. The van der Waals surface area contributed by atoms with Crippen molar-refractivity contribution in [3.05, 3.63) is 36.0 Å². The van der Waals surface area contributed by atoms with E-state index in [2.05, 4.69) is 53.8 Å². The van der Waals surface area contributed by atoms with Crippen molar-refractivity contribution < 1.29 is 4.74 Å². The fourth-order valence-corrected chi connectivity index (χ4v) is 4.53. The van der Waals surface area contributed by atoms with E-state index in [0.717, 1.165) is 49.3 Å². The Morgan fingerprint density at radius 1 is 1.30 bits per heavy atom. The predicted molar refractivity (Wildman–Crippen MR) is 108 cm³/mol. The van der Waals surface area contributed by atoms with Crippen LogP contribution in [0.25, 0.3) is 10.9 Å². The maximum atomic E-state index is 9.39. The molecule has 27 heavy (non-hydrogen) atoms. The molecule has 0 saturated carbocycles. The molecule has 5 heteroatoms. The second-order valence-electron chi connectivity index (χ2n) is 8.77. The summed E-state index contributed by atoms with van der Waals surface area (Å²) < 4.78 is 6.27. The van der Waals surface area contributed by atoms with E-state index in [0.29, 0.717) is 11.0 Å². The minimum absolute atomic E-state index is 0.182. The van der Waals surface area contributed by atoms with Gasteiger partial charge in [0.2, 0.25) is 0 Å². The van der Waals surface area contributed by atoms with Gasteiger partial charge in [0.1, 0.15) is 6.07 Å². The highest BCUT2D eigenvalue weighted by molar-refractivity contribution is 5.95. The molecule has 2 atom stereocenters. The molecule has 3 heterocycles. The first kappa shape index (κ1) is 18.2. The van der Waals surface area contributed by atoms with Gasteiger partial charge in [-0.15, -0.1) is 0 Å². The molecule has 4 rings (SSSR count). The second kappa shape index (κ2) is 7.10. The summed E-state index contributed by atoms with van der Waals surface area (Å²) in [5.41, 5.74) is 2.98. The Morgan fingerprint density at radius 3 is 2.89 bits per heavy atom. The van der Waals surface area contributed by atoms with Gasteiger partial charge in [-0.2, -0.15) is 5.26 Å². The number of rotatable bonds is 3. The van der Waals surface area contributed by atoms with Crippen LogP contribution in [0.15, 0.2) is 30.5 Å². The molecule has 2 saturated heterocycles. The van der Waals surface area contributed by atoms with Gasteiger partial charge >= 0.3 is 0 Å². The van der Waals surface area contributed by atoms with Gasteiger partial charge in [0.15, 0.2) is 0 Å². The van der Waals surface area contributed by atoms with E-state index in [1.807, 2.05) is 12.1 Å². The van der Waals surface area contributed by atoms with Crippen LogP contribution in [0, 0.1) is 16.7 Å². The summed E-state index contributed by atoms with van der Waals surface area (Å²) in [7, 11) is 0. The number of ether oxygens (including phenoxy) is 1. The number of hydrogen-bond donors (Lipinski definition) is 0. The number of morpholine rings is 1. The molecular weight excluding hydrogens is 336 g/mol. The van der Waals surface area contributed by atoms with Crippen LogP contribution in [0.2, 0.25) is 0 Å². The number of fused-ring (bicyclic) bond motifs is 1. The molecule has 0 amide bonds. The third-order valence-electron chi connectivity index (χ3n) is 5.75. The van der Waals surface area contributed by atoms with E-state index in [9.17, 15) is 5.26 Å². The molecule has 2 aliphatic heterocycles. The van der Waals surface area contributed by atoms with Gasteiger partial charge in [-0.25, -0.2) is 0 Å². The van der Waals surface area contributed by atoms with Crippen LogP contribution in [-0.2, 0) is 4.74 Å². The van der Waals surface area contributed by atoms with Crippen LogP contribution in [0.4, 0.5) is 5.69 Å². The van der Waals surface area contributed by atoms with Crippen LogP contribution >= 0.6 is 0 Å². The molecular formula is C22H28N4O. The van der Waals surface area contributed by atoms with E-state index < -0.39 is 0 Å². The average molecular weight is 364 g/mol. The van der Waals surface area contributed by atoms with Crippen LogP contribution in [-0.4, -0.2) is 54.8 Å². The van der Waals surface area contributed by atoms with Gasteiger partial charge in [-0.3, -0.25) is 4.98 Å². The standard InChI is InChI=1S/C22H28N4O/c1-16-12-26(14-18(27-16)13-25-10-8-22(2,3)15-25)20-7-6-17(11-23)21-19(20)5-4-9-24-21/h4-7,9,16,18H,8,10,12-15H2,1-3H3/t16-,18-/m1/s1. The lowest BCUT2D eigenvalue weighted by Crippen LogP contribution is -2.50. The average Bonchev–Trinajstić information content (AvgIpc) is 2.98. The van der Waals surface area contributed by atoms with Crippen molar-refractivity contribution in [2.75, 3.05) is 37.6 Å². The molecule has 2 fully saturated rings. The van der Waals surface area contributed by atoms with Crippen molar-refractivity contribution in [2.24, 2.45) is 5.41 Å². The van der Waals surface area contributed by atoms with Gasteiger partial charge in [0, 0.05) is 43.4 Å². The summed E-state index contributed by atoms with van der Waals surface area (Å²) in [6.07, 6.45) is 3.39. The second-order valence-corrected chi connectivity index (χ2v) is 8.77. The highest BCUT2D eigenvalue weighted by Crippen LogP contribution is 2.32. The lowest BCUT2D eigenvalue weighted by molar-refractivity contribution is -0.0302. The minimum atomic E-state index is 0.182. The predicted octanol–water partition coefficient (Wildman–Crippen LogP) is 3.43. The van der Waals surface area contributed by atoms with Crippen molar-refractivity contribution in [3.8, 4) is 6.07 Å². The molecule has 0 N–H and O–H groups in total. The number of aromatic nitrogens is 1. The first-order valence-corrected chi connectivity index (χ1v) is 9.86. The monoisotopic (exact) mass is 364 g/mol. The van der Waals surface area contributed by atoms with Crippen molar-refractivity contribution in [1.29, 1.82) is 5.26 Å². The number of nitrogens with zero attached hydrogens (tertiary/aromatic N) is 4. The quantitative estimate of drug-likeness (QED) is 0.835. The van der Waals surface area contributed by atoms with Crippen molar-refractivity contribution in [3.63, 3.8) is 0 Å². The lowest BCUT2D eigenvalue weighted by Gasteiger charge is -2.40. The highest BCUT2D eigenvalue weighted by Gasteiger charge is 2.33. The Labute approximate surface area is 161 Å². The van der Waals surface area contributed by atoms with Gasteiger partial charge in [-0.1, -0.05) is 13.8 Å². The summed E-state index contributed by atoms with van der Waals surface area (Å²) in [6, 6.07) is 10.2. The lowest BCUT2D eigenvalue weighted by atomic mass is 9.93. The Hall–Kier alpha value is -2.16. The molecule has 0 radical (unpaired) electrons. The fraction of sp³-hybridized carbons (Fsp3) is 0.545. The summed E-state index contributed by atoms with van der Waals surface area (Å²) in [4.78, 5) is 9.40. The molecule has 0 bridgehead atoms. The Kier molecular flexibility index (Phi) is 4.79. The maximum absolute atomic E-state index is 9.39. The van der Waals surface area contributed by atoms with Crippen molar-refractivity contribution in [2.45, 2.75) is 39.4 Å². The van der Waals surface area contributed by atoms with E-state index >= 15 is 0 Å². The van der Waals surface area contributed by atoms with E-state index in [1.165, 1.54) is 6.42 Å². The Morgan fingerprint density at radius 2 is 2.15 bits per heavy atom. The van der Waals surface area contributed by atoms with Crippen molar-refractivity contribution >= 4 is 16.6 Å². The zero-order valence-electron chi connectivity index (χ0n) is 16.5. The molecule has 0 aliphatic carbocycles. The highest BCUT2D eigenvalue weighted by atomic mass is 16.5. The van der Waals surface area contributed by atoms with Crippen LogP contribution in [0.1, 0.15) is 32.8 Å². The maximum Gasteiger partial charge on any atom is 0.101 e. The summed E-state index contributed by atoms with van der Waals surface area (Å²) in [5, 5.41) is 10.4. The summed E-state index contributed by atoms with van der Waals surface area (Å²) in [5.74, 6) is 0. The number of anilines is 1. The number of nitriles is 1. The number of hydrogen-bond acceptors (Lipinski definition) is 5. The molecule has 1 aromatic heterocycles. The third-order valence-corrected chi connectivity index (χ3v) is 5.75. The molecule has 142 valence electrons. The number of pyridine rings is 1. The molecule has 0 spiro atoms. The number of likely N-dealkylation sites (tertiary alicyclic amines) is 1. The SMILES string of the molecule is C[C@@H]1CN(c2ccc(C#N)c3ncccc23)C[C@@H](CN2CCC(C)(C)C2)O1. The summed E-state index contributed by atoms with van der Waals surface area (Å²) >= 11 is 0. The first-order chi connectivity index (χ1) is 12.9. The third kappa shape index (κ3) is 3.78. The van der Waals surface area contributed by atoms with Gasteiger partial charge in [-0.05, 0) is 49.6 Å². The van der Waals surface area contributed by atoms with E-state index in [-0.39, 0.29) is 12.2 Å². The van der Waals surface area contributed by atoms with Crippen molar-refractivity contribution in [1.82, 2.24) is 9.88 Å². The normalized spacial score (nSPS) is 25.6. The van der Waals surface area contributed by atoms with Crippen LogP contribution in [0.3, 0.4) is 0 Å². The minimum Gasteiger partial charge on any atom is -0.370 e. The van der Waals surface area contributed by atoms with Gasteiger partial charge in [0.05, 0.1) is 23.3 Å². The molecule has 2 aromatic rings. The van der Waals surface area contributed by atoms with E-state index in [1.54, 1.807) is 6.20 Å². The molecule has 5 nitrogen and oxygen atoms in total. The molecule has 1 aromatic carbocycles. The van der Waals surface area contributed by atoms with Gasteiger partial charge < -0.3 is 14.5 Å². The smallest absolute Gasteiger partial charge is 0.101 e. The van der Waals surface area contributed by atoms with Gasteiger partial charge in [0.25, 0.3) is 0 Å².